The van der Waals surface area contributed by atoms with Crippen LogP contribution in [0, 0.1) is 18.8 Å². The summed E-state index contributed by atoms with van der Waals surface area (Å²) in [7, 11) is -3.77. The number of aryl methyl sites for hydroxylation is 1. The number of alkyl halides is 1. The molecule has 0 unspecified atom stereocenters. The molecule has 2 aliphatic carbocycles. The molecule has 1 aromatic rings. The maximum absolute atomic E-state index is 13.6. The van der Waals surface area contributed by atoms with Crippen LogP contribution in [0.25, 0.3) is 0 Å². The maximum atomic E-state index is 13.6. The smallest absolute Gasteiger partial charge is 0.263 e. The number of hydrogen-bond acceptors (Lipinski definition) is 3. The Morgan fingerprint density at radius 3 is 2.42 bits per heavy atom. The van der Waals surface area contributed by atoms with Gasteiger partial charge in [-0.2, -0.15) is 8.42 Å². The van der Waals surface area contributed by atoms with Crippen LogP contribution >= 0.6 is 0 Å². The van der Waals surface area contributed by atoms with E-state index in [0.717, 1.165) is 12.0 Å². The molecule has 2 bridgehead atoms. The van der Waals surface area contributed by atoms with Gasteiger partial charge in [-0.05, 0) is 44.2 Å². The summed E-state index contributed by atoms with van der Waals surface area (Å²) in [4.78, 5) is 0.149. The van der Waals surface area contributed by atoms with E-state index in [1.165, 1.54) is 12.1 Å². The first kappa shape index (κ1) is 13.1. The van der Waals surface area contributed by atoms with E-state index in [1.807, 2.05) is 6.92 Å². The Labute approximate surface area is 112 Å². The number of hydrogen-bond donors (Lipinski definition) is 0. The van der Waals surface area contributed by atoms with Crippen LogP contribution < -0.4 is 0 Å². The van der Waals surface area contributed by atoms with E-state index < -0.39 is 22.4 Å². The monoisotopic (exact) mass is 284 g/mol. The van der Waals surface area contributed by atoms with Crippen molar-refractivity contribution in [3.05, 3.63) is 29.8 Å². The Kier molecular flexibility index (Phi) is 3.14. The highest BCUT2D eigenvalue weighted by Crippen LogP contribution is 2.48. The van der Waals surface area contributed by atoms with Gasteiger partial charge in [-0.3, -0.25) is 4.18 Å². The molecule has 0 aromatic heterocycles. The van der Waals surface area contributed by atoms with Crippen LogP contribution in [0.3, 0.4) is 0 Å². The summed E-state index contributed by atoms with van der Waals surface area (Å²) in [5, 5.41) is 0. The highest BCUT2D eigenvalue weighted by Gasteiger charge is 2.48. The second kappa shape index (κ2) is 4.56. The molecule has 104 valence electrons. The van der Waals surface area contributed by atoms with Gasteiger partial charge in [0.2, 0.25) is 0 Å². The molecular weight excluding hydrogens is 267 g/mol. The zero-order valence-electron chi connectivity index (χ0n) is 10.8. The Morgan fingerprint density at radius 2 is 1.84 bits per heavy atom. The van der Waals surface area contributed by atoms with Gasteiger partial charge in [-0.1, -0.05) is 17.7 Å². The van der Waals surface area contributed by atoms with Crippen LogP contribution in [0.15, 0.2) is 29.2 Å². The van der Waals surface area contributed by atoms with Crippen molar-refractivity contribution in [3.63, 3.8) is 0 Å². The minimum absolute atomic E-state index is 0.149. The molecule has 0 heterocycles. The molecule has 0 radical (unpaired) electrons. The van der Waals surface area contributed by atoms with E-state index in [-0.39, 0.29) is 10.8 Å². The van der Waals surface area contributed by atoms with Gasteiger partial charge in [-0.15, -0.1) is 0 Å². The molecule has 3 nitrogen and oxygen atoms in total. The van der Waals surface area contributed by atoms with Crippen LogP contribution in [0.4, 0.5) is 4.39 Å². The molecule has 2 aliphatic rings. The van der Waals surface area contributed by atoms with Crippen molar-refractivity contribution >= 4 is 10.1 Å². The summed E-state index contributed by atoms with van der Waals surface area (Å²) in [6.45, 7) is 1.89. The van der Waals surface area contributed by atoms with Crippen LogP contribution in [-0.4, -0.2) is 20.7 Å². The average Bonchev–Trinajstić information content (AvgIpc) is 2.87. The van der Waals surface area contributed by atoms with E-state index in [0.29, 0.717) is 18.8 Å². The average molecular weight is 284 g/mol. The topological polar surface area (TPSA) is 43.4 Å². The van der Waals surface area contributed by atoms with Gasteiger partial charge in [0.1, 0.15) is 6.17 Å². The largest absolute Gasteiger partial charge is 0.297 e. The molecule has 3 rings (SSSR count). The van der Waals surface area contributed by atoms with Gasteiger partial charge in [0.25, 0.3) is 10.1 Å². The third-order valence-corrected chi connectivity index (χ3v) is 5.58. The molecule has 1 aromatic carbocycles. The Hall–Kier alpha value is -0.940. The molecule has 5 heteroatoms. The van der Waals surface area contributed by atoms with E-state index in [2.05, 4.69) is 0 Å². The minimum atomic E-state index is -3.77. The lowest BCUT2D eigenvalue weighted by molar-refractivity contribution is 0.0875. The van der Waals surface area contributed by atoms with Crippen molar-refractivity contribution < 1.29 is 17.0 Å². The molecular formula is C14H17FO3S. The Morgan fingerprint density at radius 1 is 1.16 bits per heavy atom. The first-order valence-corrected chi connectivity index (χ1v) is 8.00. The highest BCUT2D eigenvalue weighted by atomic mass is 32.2. The lowest BCUT2D eigenvalue weighted by atomic mass is 9.96. The van der Waals surface area contributed by atoms with Crippen molar-refractivity contribution in [2.75, 3.05) is 0 Å². The van der Waals surface area contributed by atoms with Gasteiger partial charge in [0.05, 0.1) is 11.0 Å². The minimum Gasteiger partial charge on any atom is -0.263 e. The third-order valence-electron chi connectivity index (χ3n) is 4.23. The SMILES string of the molecule is Cc1ccc(S(=O)(=O)O[C@H]2C[C@@H]3C[C@H]2[C@@H](F)C3)cc1. The fourth-order valence-electron chi connectivity index (χ4n) is 3.24. The normalized spacial score (nSPS) is 33.8. The van der Waals surface area contributed by atoms with E-state index in [9.17, 15) is 12.8 Å². The first-order chi connectivity index (χ1) is 8.95. The summed E-state index contributed by atoms with van der Waals surface area (Å²) in [6, 6.07) is 6.53. The lowest BCUT2D eigenvalue weighted by Crippen LogP contribution is -2.30. The quantitative estimate of drug-likeness (QED) is 0.802. The van der Waals surface area contributed by atoms with Crippen molar-refractivity contribution in [3.8, 4) is 0 Å². The van der Waals surface area contributed by atoms with Crippen molar-refractivity contribution in [1.82, 2.24) is 0 Å². The van der Waals surface area contributed by atoms with Crippen LogP contribution in [0.1, 0.15) is 24.8 Å². The van der Waals surface area contributed by atoms with Gasteiger partial charge in [-0.25, -0.2) is 4.39 Å². The number of halogens is 1. The van der Waals surface area contributed by atoms with Crippen molar-refractivity contribution in [2.24, 2.45) is 11.8 Å². The summed E-state index contributed by atoms with van der Waals surface area (Å²) in [5.74, 6) is 0.0449. The molecule has 19 heavy (non-hydrogen) atoms. The summed E-state index contributed by atoms with van der Waals surface area (Å²) >= 11 is 0. The molecule has 0 amide bonds. The van der Waals surface area contributed by atoms with Gasteiger partial charge >= 0.3 is 0 Å². The molecule has 0 saturated heterocycles. The van der Waals surface area contributed by atoms with Gasteiger partial charge in [0, 0.05) is 5.92 Å². The fraction of sp³-hybridized carbons (Fsp3) is 0.571. The molecule has 2 fully saturated rings. The predicted octanol–water partition coefficient (Wildman–Crippen LogP) is 2.84. The molecule has 0 aliphatic heterocycles. The summed E-state index contributed by atoms with van der Waals surface area (Å²) in [5.41, 5.74) is 0.989. The summed E-state index contributed by atoms with van der Waals surface area (Å²) in [6.07, 6.45) is 0.595. The highest BCUT2D eigenvalue weighted by molar-refractivity contribution is 7.86. The van der Waals surface area contributed by atoms with Crippen molar-refractivity contribution in [1.29, 1.82) is 0 Å². The second-order valence-electron chi connectivity index (χ2n) is 5.65. The maximum Gasteiger partial charge on any atom is 0.297 e. The second-order valence-corrected chi connectivity index (χ2v) is 7.23. The predicted molar refractivity (Wildman–Crippen MR) is 69.0 cm³/mol. The third kappa shape index (κ3) is 2.41. The lowest BCUT2D eigenvalue weighted by Gasteiger charge is -2.24. The van der Waals surface area contributed by atoms with Crippen LogP contribution in [0.5, 0.6) is 0 Å². The van der Waals surface area contributed by atoms with E-state index in [4.69, 9.17) is 4.18 Å². The van der Waals surface area contributed by atoms with E-state index in [1.54, 1.807) is 12.1 Å². The standard InChI is InChI=1S/C14H17FO3S/c1-9-2-4-11(5-3-9)19(16,17)18-14-8-10-6-12(14)13(15)7-10/h2-5,10,12-14H,6-8H2,1H3/t10-,12+,13+,14+/m1/s1. The Balaban J connectivity index is 1.77. The first-order valence-electron chi connectivity index (χ1n) is 6.60. The molecule has 0 spiro atoms. The Bertz CT molecular complexity index is 567. The fourth-order valence-corrected chi connectivity index (χ4v) is 4.36. The zero-order chi connectivity index (χ0) is 13.6. The molecule has 4 atom stereocenters. The zero-order valence-corrected chi connectivity index (χ0v) is 11.6. The van der Waals surface area contributed by atoms with Gasteiger partial charge < -0.3 is 0 Å². The van der Waals surface area contributed by atoms with E-state index >= 15 is 0 Å². The number of fused-ring (bicyclic) bond motifs is 2. The summed E-state index contributed by atoms with van der Waals surface area (Å²) < 4.78 is 43.2. The van der Waals surface area contributed by atoms with Crippen molar-refractivity contribution in [2.45, 2.75) is 43.4 Å². The molecule has 0 N–H and O–H groups in total. The number of rotatable bonds is 3. The van der Waals surface area contributed by atoms with Gasteiger partial charge in [0.15, 0.2) is 0 Å². The molecule has 2 saturated carbocycles. The van der Waals surface area contributed by atoms with Crippen LogP contribution in [0.2, 0.25) is 0 Å². The van der Waals surface area contributed by atoms with Crippen LogP contribution in [-0.2, 0) is 14.3 Å². The number of benzene rings is 1.